The Morgan fingerprint density at radius 3 is 2.19 bits per heavy atom. The largest absolute Gasteiger partial charge is 0.624 e. The van der Waals surface area contributed by atoms with Gasteiger partial charge in [-0.2, -0.15) is 13.2 Å². The number of halogens is 6. The highest BCUT2D eigenvalue weighted by molar-refractivity contribution is 5.78. The van der Waals surface area contributed by atoms with E-state index in [0.29, 0.717) is 36.2 Å². The zero-order valence-corrected chi connectivity index (χ0v) is 19.6. The van der Waals surface area contributed by atoms with Gasteiger partial charge in [-0.15, -0.1) is 0 Å². The number of alkyl halides is 3. The SMILES string of the molecule is C/[N+]([O-])=C/c1ccc(-c2cc(F)c(OCC3CCN(c4ncc(C(F)(F)F)cn4)CC3)c(F)c2)c(F)c1. The zero-order chi connectivity index (χ0) is 26.7. The number of rotatable bonds is 6. The van der Waals surface area contributed by atoms with Crippen molar-refractivity contribution in [1.82, 2.24) is 9.97 Å². The first-order valence-corrected chi connectivity index (χ1v) is 11.3. The average molecular weight is 524 g/mol. The van der Waals surface area contributed by atoms with E-state index in [1.807, 2.05) is 0 Å². The molecule has 0 spiro atoms. The third-order valence-electron chi connectivity index (χ3n) is 5.96. The molecule has 2 heterocycles. The van der Waals surface area contributed by atoms with E-state index in [4.69, 9.17) is 4.74 Å². The molecule has 1 aromatic heterocycles. The standard InChI is InChI=1S/C25H22F6N4O2/c1-34(36)13-16-2-3-19(20(26)8-16)17-9-21(27)23(22(28)10-17)37-14-15-4-6-35(7-5-15)24-32-11-18(12-33-24)25(29,30)31/h2-3,8-13,15H,4-7,14H2,1H3/b34-13-. The Hall–Kier alpha value is -3.83. The molecule has 0 saturated carbocycles. The molecule has 0 unspecified atom stereocenters. The molecule has 0 amide bonds. The van der Waals surface area contributed by atoms with E-state index in [1.165, 1.54) is 19.2 Å². The lowest BCUT2D eigenvalue weighted by Gasteiger charge is -2.31. The van der Waals surface area contributed by atoms with Gasteiger partial charge >= 0.3 is 6.18 Å². The summed E-state index contributed by atoms with van der Waals surface area (Å²) in [7, 11) is 1.24. The number of ether oxygens (including phenoxy) is 1. The van der Waals surface area contributed by atoms with Crippen LogP contribution in [-0.4, -0.2) is 47.7 Å². The Bertz CT molecular complexity index is 1260. The number of hydroxylamine groups is 1. The highest BCUT2D eigenvalue weighted by Crippen LogP contribution is 2.32. The minimum absolute atomic E-state index is 0.0215. The molecule has 1 saturated heterocycles. The molecule has 0 radical (unpaired) electrons. The molecule has 4 rings (SSSR count). The van der Waals surface area contributed by atoms with Gasteiger partial charge in [-0.3, -0.25) is 0 Å². The maximum atomic E-state index is 14.7. The Balaban J connectivity index is 1.37. The fourth-order valence-electron chi connectivity index (χ4n) is 4.04. The number of hydrogen-bond donors (Lipinski definition) is 0. The summed E-state index contributed by atoms with van der Waals surface area (Å²) in [5, 5.41) is 11.1. The molecule has 0 N–H and O–H groups in total. The molecule has 37 heavy (non-hydrogen) atoms. The number of anilines is 1. The fraction of sp³-hybridized carbons (Fsp3) is 0.320. The van der Waals surface area contributed by atoms with Gasteiger partial charge in [0.2, 0.25) is 5.95 Å². The first-order chi connectivity index (χ1) is 17.5. The van der Waals surface area contributed by atoms with E-state index >= 15 is 0 Å². The molecule has 6 nitrogen and oxygen atoms in total. The van der Waals surface area contributed by atoms with E-state index in [0.717, 1.165) is 36.8 Å². The van der Waals surface area contributed by atoms with Crippen LogP contribution in [0.15, 0.2) is 42.7 Å². The molecule has 0 aliphatic carbocycles. The van der Waals surface area contributed by atoms with Crippen LogP contribution in [0.25, 0.3) is 11.1 Å². The van der Waals surface area contributed by atoms with Gasteiger partial charge in [0.05, 0.1) is 12.2 Å². The summed E-state index contributed by atoms with van der Waals surface area (Å²) in [4.78, 5) is 9.31. The lowest BCUT2D eigenvalue weighted by atomic mass is 9.98. The summed E-state index contributed by atoms with van der Waals surface area (Å²) in [5.41, 5.74) is -0.685. The van der Waals surface area contributed by atoms with E-state index in [-0.39, 0.29) is 29.6 Å². The molecule has 1 aliphatic heterocycles. The molecule has 0 atom stereocenters. The summed E-state index contributed by atoms with van der Waals surface area (Å²) in [6, 6.07) is 5.82. The molecule has 196 valence electrons. The Morgan fingerprint density at radius 2 is 1.65 bits per heavy atom. The first-order valence-electron chi connectivity index (χ1n) is 11.3. The van der Waals surface area contributed by atoms with Crippen LogP contribution >= 0.6 is 0 Å². The summed E-state index contributed by atoms with van der Waals surface area (Å²) in [5.74, 6) is -3.16. The van der Waals surface area contributed by atoms with E-state index in [9.17, 15) is 31.5 Å². The van der Waals surface area contributed by atoms with Crippen molar-refractivity contribution in [3.05, 3.63) is 76.5 Å². The molecule has 12 heteroatoms. The first kappa shape index (κ1) is 26.2. The second-order valence-electron chi connectivity index (χ2n) is 8.69. The lowest BCUT2D eigenvalue weighted by molar-refractivity contribution is -0.416. The van der Waals surface area contributed by atoms with Crippen LogP contribution in [-0.2, 0) is 6.18 Å². The summed E-state index contributed by atoms with van der Waals surface area (Å²) < 4.78 is 87.8. The van der Waals surface area contributed by atoms with E-state index < -0.39 is 34.9 Å². The van der Waals surface area contributed by atoms with Gasteiger partial charge in [0, 0.05) is 36.6 Å². The highest BCUT2D eigenvalue weighted by Gasteiger charge is 2.32. The van der Waals surface area contributed by atoms with Gasteiger partial charge in [0.15, 0.2) is 23.6 Å². The summed E-state index contributed by atoms with van der Waals surface area (Å²) >= 11 is 0. The predicted octanol–water partition coefficient (Wildman–Crippen LogP) is 5.43. The third-order valence-corrected chi connectivity index (χ3v) is 5.96. The molecule has 0 bridgehead atoms. The molecule has 3 aromatic rings. The number of aromatic nitrogens is 2. The van der Waals surface area contributed by atoms with Crippen molar-refractivity contribution in [1.29, 1.82) is 0 Å². The molecular weight excluding hydrogens is 502 g/mol. The Kier molecular flexibility index (Phi) is 7.55. The molecule has 1 fully saturated rings. The van der Waals surface area contributed by atoms with Gasteiger partial charge < -0.3 is 14.8 Å². The van der Waals surface area contributed by atoms with Crippen LogP contribution in [0.4, 0.5) is 32.3 Å². The minimum Gasteiger partial charge on any atom is -0.624 e. The number of benzene rings is 2. The van der Waals surface area contributed by atoms with Crippen LogP contribution < -0.4 is 9.64 Å². The van der Waals surface area contributed by atoms with Crippen molar-refractivity contribution >= 4 is 12.2 Å². The normalized spacial score (nSPS) is 15.2. The van der Waals surface area contributed by atoms with E-state index in [2.05, 4.69) is 9.97 Å². The third kappa shape index (κ3) is 6.30. The second kappa shape index (κ2) is 10.7. The minimum atomic E-state index is -4.52. The van der Waals surface area contributed by atoms with Crippen molar-refractivity contribution < 1.29 is 35.8 Å². The monoisotopic (exact) mass is 524 g/mol. The van der Waals surface area contributed by atoms with Crippen LogP contribution in [0.5, 0.6) is 5.75 Å². The Morgan fingerprint density at radius 1 is 1.03 bits per heavy atom. The number of piperidine rings is 1. The Labute approximate surface area is 208 Å². The lowest BCUT2D eigenvalue weighted by Crippen LogP contribution is -2.36. The maximum absolute atomic E-state index is 14.7. The molecule has 2 aromatic carbocycles. The van der Waals surface area contributed by atoms with Crippen LogP contribution in [0.2, 0.25) is 0 Å². The van der Waals surface area contributed by atoms with Crippen LogP contribution in [0, 0.1) is 28.6 Å². The van der Waals surface area contributed by atoms with Crippen molar-refractivity contribution in [2.24, 2.45) is 5.92 Å². The van der Waals surface area contributed by atoms with Crippen molar-refractivity contribution in [2.75, 3.05) is 31.6 Å². The van der Waals surface area contributed by atoms with Gasteiger partial charge in [-0.05, 0) is 48.6 Å². The fourth-order valence-corrected chi connectivity index (χ4v) is 4.04. The molecule has 1 aliphatic rings. The van der Waals surface area contributed by atoms with E-state index in [1.54, 1.807) is 4.90 Å². The van der Waals surface area contributed by atoms with Crippen molar-refractivity contribution in [2.45, 2.75) is 19.0 Å². The number of nitrogens with zero attached hydrogens (tertiary/aromatic N) is 4. The predicted molar refractivity (Wildman–Crippen MR) is 124 cm³/mol. The second-order valence-corrected chi connectivity index (χ2v) is 8.69. The smallest absolute Gasteiger partial charge is 0.419 e. The van der Waals surface area contributed by atoms with Gasteiger partial charge in [0.25, 0.3) is 0 Å². The van der Waals surface area contributed by atoms with Crippen LogP contribution in [0.1, 0.15) is 24.0 Å². The van der Waals surface area contributed by atoms with Gasteiger partial charge in [-0.25, -0.2) is 27.9 Å². The van der Waals surface area contributed by atoms with Gasteiger partial charge in [-0.1, -0.05) is 6.07 Å². The van der Waals surface area contributed by atoms with Crippen molar-refractivity contribution in [3.8, 4) is 16.9 Å². The highest BCUT2D eigenvalue weighted by atomic mass is 19.4. The quantitative estimate of drug-likeness (QED) is 0.141. The maximum Gasteiger partial charge on any atom is 0.419 e. The van der Waals surface area contributed by atoms with Crippen LogP contribution in [0.3, 0.4) is 0 Å². The van der Waals surface area contributed by atoms with Crippen molar-refractivity contribution in [3.63, 3.8) is 0 Å². The van der Waals surface area contributed by atoms with Gasteiger partial charge in [0.1, 0.15) is 12.9 Å². The molecular formula is C25H22F6N4O2. The topological polar surface area (TPSA) is 64.3 Å². The summed E-state index contributed by atoms with van der Waals surface area (Å²) in [6.45, 7) is 0.909. The average Bonchev–Trinajstić information content (AvgIpc) is 2.83. The zero-order valence-electron chi connectivity index (χ0n) is 19.6. The number of hydrogen-bond acceptors (Lipinski definition) is 5. The summed E-state index contributed by atoms with van der Waals surface area (Å²) in [6.07, 6.45) is -0.782.